The van der Waals surface area contributed by atoms with Crippen LogP contribution in [0.25, 0.3) is 0 Å². The molecule has 2 aliphatic rings. The van der Waals surface area contributed by atoms with Crippen molar-refractivity contribution in [3.63, 3.8) is 0 Å². The Morgan fingerprint density at radius 2 is 2.25 bits per heavy atom. The number of hydrogen-bond donors (Lipinski definition) is 1. The summed E-state index contributed by atoms with van der Waals surface area (Å²) in [5, 5.41) is 3.22. The number of aromatic nitrogens is 1. The number of ether oxygens (including phenoxy) is 1. The predicted molar refractivity (Wildman–Crippen MR) is 98.6 cm³/mol. The molecule has 0 radical (unpaired) electrons. The number of nitrogens with one attached hydrogen (secondary N) is 1. The second-order valence-electron chi connectivity index (χ2n) is 8.04. The Morgan fingerprint density at radius 3 is 2.96 bits per heavy atom. The quantitative estimate of drug-likeness (QED) is 0.896. The van der Waals surface area contributed by atoms with Crippen LogP contribution in [0.4, 0.5) is 0 Å². The first-order valence-electron chi connectivity index (χ1n) is 8.93. The van der Waals surface area contributed by atoms with Crippen LogP contribution in [0, 0.1) is 11.3 Å². The fraction of sp³-hybridized carbons (Fsp3) is 0.684. The summed E-state index contributed by atoms with van der Waals surface area (Å²) in [6, 6.07) is 3.85. The Labute approximate surface area is 149 Å². The summed E-state index contributed by atoms with van der Waals surface area (Å²) >= 11 is 1.89. The van der Waals surface area contributed by atoms with Gasteiger partial charge in [-0.15, -0.1) is 0 Å². The molecule has 1 aliphatic heterocycles. The zero-order valence-corrected chi connectivity index (χ0v) is 15.7. The van der Waals surface area contributed by atoms with E-state index in [0.717, 1.165) is 30.8 Å². The minimum atomic E-state index is -0.0568. The monoisotopic (exact) mass is 348 g/mol. The van der Waals surface area contributed by atoms with E-state index in [2.05, 4.69) is 31.1 Å². The number of hydrogen-bond acceptors (Lipinski definition) is 4. The molecule has 3 rings (SSSR count). The van der Waals surface area contributed by atoms with E-state index in [1.165, 1.54) is 6.42 Å². The zero-order valence-electron chi connectivity index (χ0n) is 14.9. The van der Waals surface area contributed by atoms with E-state index in [-0.39, 0.29) is 23.5 Å². The zero-order chi connectivity index (χ0) is 17.2. The predicted octanol–water partition coefficient (Wildman–Crippen LogP) is 3.91. The highest BCUT2D eigenvalue weighted by atomic mass is 32.2. The van der Waals surface area contributed by atoms with Crippen LogP contribution < -0.4 is 10.1 Å². The van der Waals surface area contributed by atoms with Gasteiger partial charge in [0, 0.05) is 18.0 Å². The number of nitrogens with zero attached hydrogens (tertiary/aromatic N) is 1. The molecule has 1 saturated heterocycles. The van der Waals surface area contributed by atoms with Crippen molar-refractivity contribution >= 4 is 17.7 Å². The van der Waals surface area contributed by atoms with Gasteiger partial charge in [-0.25, -0.2) is 4.98 Å². The minimum Gasteiger partial charge on any atom is -0.473 e. The van der Waals surface area contributed by atoms with Crippen LogP contribution in [0.3, 0.4) is 0 Å². The van der Waals surface area contributed by atoms with E-state index in [0.29, 0.717) is 17.4 Å². The van der Waals surface area contributed by atoms with Gasteiger partial charge in [0.25, 0.3) is 5.91 Å². The van der Waals surface area contributed by atoms with Crippen molar-refractivity contribution in [3.8, 4) is 5.88 Å². The minimum absolute atomic E-state index is 0.0568. The highest BCUT2D eigenvalue weighted by molar-refractivity contribution is 7.99. The molecule has 5 heteroatoms. The van der Waals surface area contributed by atoms with E-state index < -0.39 is 0 Å². The second kappa shape index (κ2) is 7.34. The molecule has 1 amide bonds. The van der Waals surface area contributed by atoms with Crippen molar-refractivity contribution in [2.75, 3.05) is 11.5 Å². The van der Waals surface area contributed by atoms with Gasteiger partial charge in [-0.2, -0.15) is 11.8 Å². The third kappa shape index (κ3) is 4.44. The van der Waals surface area contributed by atoms with Gasteiger partial charge >= 0.3 is 0 Å². The van der Waals surface area contributed by atoms with Crippen LogP contribution in [0.2, 0.25) is 0 Å². The highest BCUT2D eigenvalue weighted by Crippen LogP contribution is 2.38. The molecule has 132 valence electrons. The van der Waals surface area contributed by atoms with E-state index in [1.807, 2.05) is 17.8 Å². The second-order valence-corrected chi connectivity index (χ2v) is 9.19. The van der Waals surface area contributed by atoms with Crippen molar-refractivity contribution in [3.05, 3.63) is 23.9 Å². The number of amides is 1. The van der Waals surface area contributed by atoms with Crippen LogP contribution >= 0.6 is 11.8 Å². The van der Waals surface area contributed by atoms with E-state index in [9.17, 15) is 4.79 Å². The van der Waals surface area contributed by atoms with Gasteiger partial charge in [-0.1, -0.05) is 20.8 Å². The fourth-order valence-electron chi connectivity index (χ4n) is 4.14. The Balaban J connectivity index is 1.68. The molecule has 0 aromatic carbocycles. The van der Waals surface area contributed by atoms with Crippen LogP contribution in [-0.4, -0.2) is 34.5 Å². The molecule has 0 bridgehead atoms. The lowest BCUT2D eigenvalue weighted by Crippen LogP contribution is -2.43. The summed E-state index contributed by atoms with van der Waals surface area (Å²) in [4.78, 5) is 17.1. The average molecular weight is 349 g/mol. The molecule has 1 saturated carbocycles. The third-order valence-electron chi connectivity index (χ3n) is 4.90. The molecule has 1 aromatic heterocycles. The van der Waals surface area contributed by atoms with Crippen LogP contribution in [-0.2, 0) is 0 Å². The lowest BCUT2D eigenvalue weighted by atomic mass is 9.70. The topological polar surface area (TPSA) is 51.2 Å². The first-order valence-corrected chi connectivity index (χ1v) is 10.1. The van der Waals surface area contributed by atoms with Gasteiger partial charge in [0.15, 0.2) is 0 Å². The van der Waals surface area contributed by atoms with Gasteiger partial charge in [-0.3, -0.25) is 4.79 Å². The Bertz CT molecular complexity index is 584. The molecular weight excluding hydrogens is 320 g/mol. The van der Waals surface area contributed by atoms with Crippen molar-refractivity contribution in [1.82, 2.24) is 10.3 Å². The summed E-state index contributed by atoms with van der Waals surface area (Å²) in [5.74, 6) is 3.16. The first-order chi connectivity index (χ1) is 11.4. The maximum atomic E-state index is 12.8. The van der Waals surface area contributed by atoms with Crippen molar-refractivity contribution in [1.29, 1.82) is 0 Å². The maximum absolute atomic E-state index is 12.8. The maximum Gasteiger partial charge on any atom is 0.256 e. The SMILES string of the molecule is CC1CC(NC(=O)c2cccnc2OC2CCSC2)CC(C)(C)C1. The lowest BCUT2D eigenvalue weighted by molar-refractivity contribution is 0.0867. The Morgan fingerprint density at radius 1 is 1.42 bits per heavy atom. The summed E-state index contributed by atoms with van der Waals surface area (Å²) in [7, 11) is 0. The molecule has 1 aliphatic carbocycles. The molecule has 2 heterocycles. The van der Waals surface area contributed by atoms with E-state index in [1.54, 1.807) is 12.3 Å². The van der Waals surface area contributed by atoms with Crippen molar-refractivity contribution < 1.29 is 9.53 Å². The van der Waals surface area contributed by atoms with E-state index in [4.69, 9.17) is 4.74 Å². The lowest BCUT2D eigenvalue weighted by Gasteiger charge is -2.39. The summed E-state index contributed by atoms with van der Waals surface area (Å²) < 4.78 is 5.99. The van der Waals surface area contributed by atoms with Gasteiger partial charge < -0.3 is 10.1 Å². The molecule has 2 fully saturated rings. The van der Waals surface area contributed by atoms with Crippen molar-refractivity contribution in [2.45, 2.75) is 58.6 Å². The molecule has 4 nitrogen and oxygen atoms in total. The number of rotatable bonds is 4. The normalized spacial score (nSPS) is 29.2. The smallest absolute Gasteiger partial charge is 0.256 e. The summed E-state index contributed by atoms with van der Waals surface area (Å²) in [6.07, 6.45) is 6.19. The fourth-order valence-corrected chi connectivity index (χ4v) is 5.23. The molecule has 1 N–H and O–H groups in total. The number of thioether (sulfide) groups is 1. The standard InChI is InChI=1S/C19H28N2O2S/c1-13-9-14(11-19(2,3)10-13)21-17(22)16-5-4-7-20-18(16)23-15-6-8-24-12-15/h4-5,7,13-15H,6,8-12H2,1-3H3,(H,21,22). The number of carbonyl (C=O) groups excluding carboxylic acids is 1. The summed E-state index contributed by atoms with van der Waals surface area (Å²) in [6.45, 7) is 6.85. The molecule has 0 spiro atoms. The van der Waals surface area contributed by atoms with Gasteiger partial charge in [0.05, 0.1) is 0 Å². The molecule has 3 unspecified atom stereocenters. The van der Waals surface area contributed by atoms with Gasteiger partial charge in [0.2, 0.25) is 5.88 Å². The summed E-state index contributed by atoms with van der Waals surface area (Å²) in [5.41, 5.74) is 0.843. The molecule has 3 atom stereocenters. The largest absolute Gasteiger partial charge is 0.473 e. The first kappa shape index (κ1) is 17.6. The Hall–Kier alpha value is -1.23. The van der Waals surface area contributed by atoms with E-state index >= 15 is 0 Å². The molecular formula is C19H28N2O2S. The van der Waals surface area contributed by atoms with Crippen LogP contribution in [0.5, 0.6) is 5.88 Å². The number of pyridine rings is 1. The number of carbonyl (C=O) groups is 1. The van der Waals surface area contributed by atoms with Crippen LogP contribution in [0.1, 0.15) is 56.8 Å². The third-order valence-corrected chi connectivity index (χ3v) is 6.04. The Kier molecular flexibility index (Phi) is 5.38. The molecule has 24 heavy (non-hydrogen) atoms. The van der Waals surface area contributed by atoms with Crippen molar-refractivity contribution in [2.24, 2.45) is 11.3 Å². The highest BCUT2D eigenvalue weighted by Gasteiger charge is 2.33. The van der Waals surface area contributed by atoms with Gasteiger partial charge in [-0.05, 0) is 54.9 Å². The molecule has 1 aromatic rings. The average Bonchev–Trinajstić information content (AvgIpc) is 2.98. The van der Waals surface area contributed by atoms with Crippen LogP contribution in [0.15, 0.2) is 18.3 Å². The van der Waals surface area contributed by atoms with Gasteiger partial charge in [0.1, 0.15) is 11.7 Å².